The van der Waals surface area contributed by atoms with E-state index in [-0.39, 0.29) is 11.5 Å². The lowest BCUT2D eigenvalue weighted by Crippen LogP contribution is -2.31. The molecule has 1 atom stereocenters. The molecule has 3 rings (SSSR count). The van der Waals surface area contributed by atoms with Gasteiger partial charge in [0.05, 0.1) is 6.10 Å². The van der Waals surface area contributed by atoms with Gasteiger partial charge in [-0.2, -0.15) is 0 Å². The number of hydrogen-bond acceptors (Lipinski definition) is 1. The van der Waals surface area contributed by atoms with Crippen molar-refractivity contribution in [3.8, 4) is 0 Å². The highest BCUT2D eigenvalue weighted by atomic mass is 16.3. The summed E-state index contributed by atoms with van der Waals surface area (Å²) in [5, 5.41) is 10.5. The molecule has 0 heterocycles. The van der Waals surface area contributed by atoms with E-state index in [1.807, 2.05) is 0 Å². The highest BCUT2D eigenvalue weighted by Gasteiger charge is 2.35. The number of hydrogen-bond donors (Lipinski definition) is 1. The van der Waals surface area contributed by atoms with E-state index in [9.17, 15) is 5.11 Å². The number of rotatable bonds is 3. The van der Waals surface area contributed by atoms with Crippen molar-refractivity contribution in [1.29, 1.82) is 0 Å². The Labute approximate surface area is 110 Å². The predicted octanol–water partition coefficient (Wildman–Crippen LogP) is 3.66. The minimum absolute atomic E-state index is 0.166. The molecule has 0 radical (unpaired) electrons. The van der Waals surface area contributed by atoms with Gasteiger partial charge in [-0.25, -0.2) is 0 Å². The summed E-state index contributed by atoms with van der Waals surface area (Å²) in [7, 11) is 0. The molecule has 0 spiro atoms. The van der Waals surface area contributed by atoms with Crippen LogP contribution < -0.4 is 0 Å². The van der Waals surface area contributed by atoms with E-state index in [1.54, 1.807) is 0 Å². The Balaban J connectivity index is 1.72. The van der Waals surface area contributed by atoms with Gasteiger partial charge in [0.2, 0.25) is 0 Å². The number of aliphatic hydroxyl groups is 1. The summed E-state index contributed by atoms with van der Waals surface area (Å²) < 4.78 is 0. The maximum atomic E-state index is 10.5. The van der Waals surface area contributed by atoms with Crippen LogP contribution in [0.1, 0.15) is 55.7 Å². The van der Waals surface area contributed by atoms with Crippen molar-refractivity contribution in [3.63, 3.8) is 0 Å². The Morgan fingerprint density at radius 2 is 1.83 bits per heavy atom. The zero-order valence-corrected chi connectivity index (χ0v) is 11.4. The van der Waals surface area contributed by atoms with Gasteiger partial charge in [0.1, 0.15) is 0 Å². The van der Waals surface area contributed by atoms with Crippen LogP contribution in [-0.2, 0) is 19.3 Å². The Morgan fingerprint density at radius 3 is 2.61 bits per heavy atom. The molecule has 1 aromatic carbocycles. The molecule has 1 fully saturated rings. The Bertz CT molecular complexity index is 429. The highest BCUT2D eigenvalue weighted by Crippen LogP contribution is 2.41. The maximum absolute atomic E-state index is 10.5. The van der Waals surface area contributed by atoms with Gasteiger partial charge >= 0.3 is 0 Å². The zero-order valence-electron chi connectivity index (χ0n) is 11.4. The molecule has 1 N–H and O–H groups in total. The summed E-state index contributed by atoms with van der Waals surface area (Å²) >= 11 is 0. The van der Waals surface area contributed by atoms with Gasteiger partial charge in [-0.15, -0.1) is 0 Å². The fourth-order valence-electron chi connectivity index (χ4n) is 3.74. The average molecular weight is 244 g/mol. The summed E-state index contributed by atoms with van der Waals surface area (Å²) in [4.78, 5) is 0. The Morgan fingerprint density at radius 1 is 1.11 bits per heavy atom. The minimum Gasteiger partial charge on any atom is -0.392 e. The van der Waals surface area contributed by atoms with Crippen molar-refractivity contribution >= 4 is 0 Å². The molecular formula is C17H24O. The van der Waals surface area contributed by atoms with Crippen LogP contribution in [0.25, 0.3) is 0 Å². The summed E-state index contributed by atoms with van der Waals surface area (Å²) in [6, 6.07) is 6.84. The van der Waals surface area contributed by atoms with Crippen LogP contribution in [0.4, 0.5) is 0 Å². The van der Waals surface area contributed by atoms with Crippen molar-refractivity contribution in [1.82, 2.24) is 0 Å². The van der Waals surface area contributed by atoms with E-state index < -0.39 is 0 Å². The van der Waals surface area contributed by atoms with Gasteiger partial charge in [0.25, 0.3) is 0 Å². The maximum Gasteiger partial charge on any atom is 0.0634 e. The third-order valence-electron chi connectivity index (χ3n) is 5.14. The Hall–Kier alpha value is -0.820. The molecule has 1 aromatic rings. The first-order chi connectivity index (χ1) is 8.67. The van der Waals surface area contributed by atoms with Crippen molar-refractivity contribution < 1.29 is 5.11 Å². The van der Waals surface area contributed by atoms with Crippen LogP contribution in [0.5, 0.6) is 0 Å². The molecule has 0 saturated heterocycles. The molecule has 1 saturated carbocycles. The fourth-order valence-corrected chi connectivity index (χ4v) is 3.74. The summed E-state index contributed by atoms with van der Waals surface area (Å²) in [6.45, 7) is 2.26. The normalized spacial score (nSPS) is 23.0. The van der Waals surface area contributed by atoms with Crippen LogP contribution in [0.3, 0.4) is 0 Å². The second-order valence-corrected chi connectivity index (χ2v) is 6.54. The molecule has 1 heteroatoms. The lowest BCUT2D eigenvalue weighted by molar-refractivity contribution is 0.0424. The largest absolute Gasteiger partial charge is 0.392 e. The molecule has 1 unspecified atom stereocenters. The molecule has 98 valence electrons. The van der Waals surface area contributed by atoms with E-state index in [0.717, 1.165) is 6.42 Å². The standard InChI is InChI=1S/C17H24O/c1-17(9-2-3-10-17)16(18)12-13-7-8-14-5-4-6-15(14)11-13/h7-8,11,16,18H,2-6,9-10,12H2,1H3. The van der Waals surface area contributed by atoms with Crippen LogP contribution in [0.2, 0.25) is 0 Å². The van der Waals surface area contributed by atoms with E-state index in [0.29, 0.717) is 0 Å². The topological polar surface area (TPSA) is 20.2 Å². The van der Waals surface area contributed by atoms with Gasteiger partial charge in [0, 0.05) is 0 Å². The quantitative estimate of drug-likeness (QED) is 0.860. The van der Waals surface area contributed by atoms with Crippen molar-refractivity contribution in [3.05, 3.63) is 34.9 Å². The molecular weight excluding hydrogens is 220 g/mol. The number of aryl methyl sites for hydroxylation is 2. The first-order valence-corrected chi connectivity index (χ1v) is 7.46. The summed E-state index contributed by atoms with van der Waals surface area (Å²) in [5.74, 6) is 0. The van der Waals surface area contributed by atoms with E-state index in [4.69, 9.17) is 0 Å². The highest BCUT2D eigenvalue weighted by molar-refractivity contribution is 5.35. The molecule has 0 aromatic heterocycles. The predicted molar refractivity (Wildman–Crippen MR) is 74.8 cm³/mol. The van der Waals surface area contributed by atoms with Gasteiger partial charge in [-0.3, -0.25) is 0 Å². The molecule has 1 nitrogen and oxygen atoms in total. The smallest absolute Gasteiger partial charge is 0.0634 e. The first-order valence-electron chi connectivity index (χ1n) is 7.46. The first kappa shape index (κ1) is 12.2. The van der Waals surface area contributed by atoms with Gasteiger partial charge in [-0.1, -0.05) is 38.0 Å². The average Bonchev–Trinajstić information content (AvgIpc) is 2.98. The monoisotopic (exact) mass is 244 g/mol. The molecule has 0 amide bonds. The third-order valence-corrected chi connectivity index (χ3v) is 5.14. The molecule has 0 aliphatic heterocycles. The van der Waals surface area contributed by atoms with Crippen molar-refractivity contribution in [2.45, 2.75) is 64.4 Å². The van der Waals surface area contributed by atoms with Crippen LogP contribution in [0, 0.1) is 5.41 Å². The summed E-state index contributed by atoms with van der Waals surface area (Å²) in [6.07, 6.45) is 9.42. The third kappa shape index (κ3) is 2.21. The number of benzene rings is 1. The zero-order chi connectivity index (χ0) is 12.6. The van der Waals surface area contributed by atoms with E-state index in [1.165, 1.54) is 61.6 Å². The van der Waals surface area contributed by atoms with E-state index in [2.05, 4.69) is 25.1 Å². The van der Waals surface area contributed by atoms with Crippen molar-refractivity contribution in [2.24, 2.45) is 5.41 Å². The SMILES string of the molecule is CC1(C(O)Cc2ccc3c(c2)CCC3)CCCC1. The molecule has 2 aliphatic rings. The number of fused-ring (bicyclic) bond motifs is 1. The second kappa shape index (κ2) is 4.70. The van der Waals surface area contributed by atoms with E-state index >= 15 is 0 Å². The van der Waals surface area contributed by atoms with Crippen LogP contribution in [0.15, 0.2) is 18.2 Å². The van der Waals surface area contributed by atoms with Gasteiger partial charge in [-0.05, 0) is 60.6 Å². The van der Waals surface area contributed by atoms with Crippen LogP contribution >= 0.6 is 0 Å². The molecule has 18 heavy (non-hydrogen) atoms. The van der Waals surface area contributed by atoms with Crippen molar-refractivity contribution in [2.75, 3.05) is 0 Å². The fraction of sp³-hybridized carbons (Fsp3) is 0.647. The van der Waals surface area contributed by atoms with Crippen LogP contribution in [-0.4, -0.2) is 11.2 Å². The Kier molecular flexibility index (Phi) is 3.19. The molecule has 2 aliphatic carbocycles. The summed E-state index contributed by atoms with van der Waals surface area (Å²) in [5.41, 5.74) is 4.55. The molecule has 0 bridgehead atoms. The second-order valence-electron chi connectivity index (χ2n) is 6.54. The minimum atomic E-state index is -0.167. The van der Waals surface area contributed by atoms with Gasteiger partial charge < -0.3 is 5.11 Å². The lowest BCUT2D eigenvalue weighted by Gasteiger charge is -2.30. The van der Waals surface area contributed by atoms with Gasteiger partial charge in [0.15, 0.2) is 0 Å². The number of aliphatic hydroxyl groups excluding tert-OH is 1. The lowest BCUT2D eigenvalue weighted by atomic mass is 9.80.